The fourth-order valence-corrected chi connectivity index (χ4v) is 1.78. The molecule has 1 saturated heterocycles. The lowest BCUT2D eigenvalue weighted by molar-refractivity contribution is 0.0223. The Hall–Kier alpha value is -1.20. The van der Waals surface area contributed by atoms with Crippen LogP contribution in [0.15, 0.2) is 12.1 Å². The molecule has 0 radical (unpaired) electrons. The highest BCUT2D eigenvalue weighted by Gasteiger charge is 2.20. The first-order chi connectivity index (χ1) is 8.20. The Morgan fingerprint density at radius 1 is 1.24 bits per heavy atom. The van der Waals surface area contributed by atoms with Crippen LogP contribution >= 0.6 is 0 Å². The summed E-state index contributed by atoms with van der Waals surface area (Å²) in [7, 11) is 0. The maximum atomic E-state index is 13.5. The van der Waals surface area contributed by atoms with Gasteiger partial charge in [0.05, 0.1) is 19.8 Å². The normalized spacial score (nSPS) is 17.1. The topological polar surface area (TPSA) is 38.7 Å². The van der Waals surface area contributed by atoms with Crippen LogP contribution in [0.3, 0.4) is 0 Å². The van der Waals surface area contributed by atoms with Gasteiger partial charge in [-0.15, -0.1) is 0 Å². The van der Waals surface area contributed by atoms with Crippen LogP contribution < -0.4 is 4.74 Å². The molecule has 1 aromatic carbocycles. The number of halogens is 2. The van der Waals surface area contributed by atoms with Crippen molar-refractivity contribution in [2.45, 2.75) is 25.6 Å². The van der Waals surface area contributed by atoms with Gasteiger partial charge in [0.15, 0.2) is 17.4 Å². The third kappa shape index (κ3) is 2.92. The highest BCUT2D eigenvalue weighted by atomic mass is 19.1. The number of ether oxygens (including phenoxy) is 2. The van der Waals surface area contributed by atoms with Gasteiger partial charge in [-0.2, -0.15) is 0 Å². The largest absolute Gasteiger partial charge is 0.484 e. The average molecular weight is 244 g/mol. The van der Waals surface area contributed by atoms with Crippen LogP contribution in [0.5, 0.6) is 5.75 Å². The van der Waals surface area contributed by atoms with E-state index in [1.807, 2.05) is 0 Å². The first-order valence-corrected chi connectivity index (χ1v) is 5.54. The first kappa shape index (κ1) is 12.3. The van der Waals surface area contributed by atoms with Gasteiger partial charge in [-0.25, -0.2) is 8.78 Å². The maximum absolute atomic E-state index is 13.5. The molecule has 1 aromatic rings. The molecule has 0 bridgehead atoms. The number of aliphatic hydroxyl groups excluding tert-OH is 1. The number of hydrogen-bond acceptors (Lipinski definition) is 3. The van der Waals surface area contributed by atoms with Crippen molar-refractivity contribution in [1.82, 2.24) is 0 Å². The van der Waals surface area contributed by atoms with E-state index in [1.165, 1.54) is 0 Å². The number of benzene rings is 1. The van der Waals surface area contributed by atoms with Crippen molar-refractivity contribution in [1.29, 1.82) is 0 Å². The van der Waals surface area contributed by atoms with Gasteiger partial charge in [-0.3, -0.25) is 0 Å². The van der Waals surface area contributed by atoms with Crippen molar-refractivity contribution in [2.24, 2.45) is 0 Å². The Kier molecular flexibility index (Phi) is 3.91. The minimum Gasteiger partial charge on any atom is -0.484 e. The molecule has 0 saturated carbocycles. The summed E-state index contributed by atoms with van der Waals surface area (Å²) in [6.45, 7) is 0.691. The minimum atomic E-state index is -0.777. The van der Waals surface area contributed by atoms with Gasteiger partial charge in [0, 0.05) is 12.8 Å². The zero-order valence-corrected chi connectivity index (χ0v) is 9.29. The second-order valence-electron chi connectivity index (χ2n) is 3.98. The van der Waals surface area contributed by atoms with E-state index in [4.69, 9.17) is 14.6 Å². The summed E-state index contributed by atoms with van der Waals surface area (Å²) in [5.41, 5.74) is 0.194. The van der Waals surface area contributed by atoms with Gasteiger partial charge in [0.2, 0.25) is 0 Å². The van der Waals surface area contributed by atoms with E-state index in [2.05, 4.69) is 0 Å². The van der Waals surface area contributed by atoms with Gasteiger partial charge in [0.1, 0.15) is 6.10 Å². The van der Waals surface area contributed by atoms with Gasteiger partial charge in [-0.1, -0.05) is 0 Å². The standard InChI is InChI=1S/C12H14F2O3/c13-10-5-8(7-15)6-11(14)12(10)17-9-1-3-16-4-2-9/h5-6,9,15H,1-4,7H2. The molecule has 1 N–H and O–H groups in total. The molecule has 0 atom stereocenters. The van der Waals surface area contributed by atoms with Crippen LogP contribution in [0.25, 0.3) is 0 Å². The van der Waals surface area contributed by atoms with E-state index >= 15 is 0 Å². The van der Waals surface area contributed by atoms with E-state index in [1.54, 1.807) is 0 Å². The maximum Gasteiger partial charge on any atom is 0.191 e. The van der Waals surface area contributed by atoms with Gasteiger partial charge in [0.25, 0.3) is 0 Å². The van der Waals surface area contributed by atoms with Crippen LogP contribution in [0.4, 0.5) is 8.78 Å². The number of hydrogen-bond donors (Lipinski definition) is 1. The average Bonchev–Trinajstić information content (AvgIpc) is 2.35. The molecule has 5 heteroatoms. The molecule has 94 valence electrons. The van der Waals surface area contributed by atoms with Crippen molar-refractivity contribution < 1.29 is 23.4 Å². The molecule has 0 spiro atoms. The van der Waals surface area contributed by atoms with Crippen LogP contribution in [-0.2, 0) is 11.3 Å². The van der Waals surface area contributed by atoms with E-state index in [-0.39, 0.29) is 17.4 Å². The molecule has 3 nitrogen and oxygen atoms in total. The van der Waals surface area contributed by atoms with Gasteiger partial charge in [-0.05, 0) is 17.7 Å². The second kappa shape index (κ2) is 5.42. The van der Waals surface area contributed by atoms with Crippen LogP contribution in [0, 0.1) is 11.6 Å². The Morgan fingerprint density at radius 2 is 1.82 bits per heavy atom. The highest BCUT2D eigenvalue weighted by molar-refractivity contribution is 5.31. The smallest absolute Gasteiger partial charge is 0.191 e. The van der Waals surface area contributed by atoms with Crippen molar-refractivity contribution in [3.05, 3.63) is 29.3 Å². The Morgan fingerprint density at radius 3 is 2.35 bits per heavy atom. The van der Waals surface area contributed by atoms with Crippen molar-refractivity contribution in [2.75, 3.05) is 13.2 Å². The van der Waals surface area contributed by atoms with Crippen LogP contribution in [0.2, 0.25) is 0 Å². The molecule has 17 heavy (non-hydrogen) atoms. The predicted octanol–water partition coefficient (Wildman–Crippen LogP) is 2.01. The molecule has 1 heterocycles. The Labute approximate surface area is 98.0 Å². The SMILES string of the molecule is OCc1cc(F)c(OC2CCOCC2)c(F)c1. The molecular formula is C12H14F2O3. The molecule has 1 fully saturated rings. The van der Waals surface area contributed by atoms with E-state index < -0.39 is 18.2 Å². The summed E-state index contributed by atoms with van der Waals surface area (Å²) in [6.07, 6.45) is 1.04. The lowest BCUT2D eigenvalue weighted by atomic mass is 10.1. The zero-order valence-electron chi connectivity index (χ0n) is 9.29. The lowest BCUT2D eigenvalue weighted by Crippen LogP contribution is -2.26. The molecule has 0 aromatic heterocycles. The number of rotatable bonds is 3. The van der Waals surface area contributed by atoms with E-state index in [0.717, 1.165) is 12.1 Å². The molecular weight excluding hydrogens is 230 g/mol. The fourth-order valence-electron chi connectivity index (χ4n) is 1.78. The summed E-state index contributed by atoms with van der Waals surface area (Å²) in [6, 6.07) is 2.16. The summed E-state index contributed by atoms with van der Waals surface area (Å²) in [5, 5.41) is 8.81. The molecule has 1 aliphatic heterocycles. The van der Waals surface area contributed by atoms with E-state index in [0.29, 0.717) is 26.1 Å². The Bertz CT molecular complexity index is 366. The number of aliphatic hydroxyl groups is 1. The quantitative estimate of drug-likeness (QED) is 0.884. The Balaban J connectivity index is 2.14. The van der Waals surface area contributed by atoms with Crippen molar-refractivity contribution in [3.63, 3.8) is 0 Å². The summed E-state index contributed by atoms with van der Waals surface area (Å²) in [4.78, 5) is 0. The molecule has 2 rings (SSSR count). The monoisotopic (exact) mass is 244 g/mol. The van der Waals surface area contributed by atoms with Crippen molar-refractivity contribution >= 4 is 0 Å². The third-order valence-corrected chi connectivity index (χ3v) is 2.69. The predicted molar refractivity (Wildman–Crippen MR) is 56.7 cm³/mol. The molecule has 0 amide bonds. The third-order valence-electron chi connectivity index (χ3n) is 2.69. The van der Waals surface area contributed by atoms with Gasteiger partial charge >= 0.3 is 0 Å². The van der Waals surface area contributed by atoms with E-state index in [9.17, 15) is 8.78 Å². The molecule has 1 aliphatic rings. The van der Waals surface area contributed by atoms with Gasteiger partial charge < -0.3 is 14.6 Å². The molecule has 0 unspecified atom stereocenters. The van der Waals surface area contributed by atoms with Crippen molar-refractivity contribution in [3.8, 4) is 5.75 Å². The first-order valence-electron chi connectivity index (χ1n) is 5.54. The minimum absolute atomic E-state index is 0.194. The summed E-state index contributed by atoms with van der Waals surface area (Å²) < 4.78 is 37.5. The second-order valence-corrected chi connectivity index (χ2v) is 3.98. The van der Waals surface area contributed by atoms with Crippen LogP contribution in [0.1, 0.15) is 18.4 Å². The summed E-state index contributed by atoms with van der Waals surface area (Å²) >= 11 is 0. The van der Waals surface area contributed by atoms with Crippen LogP contribution in [-0.4, -0.2) is 24.4 Å². The molecule has 0 aliphatic carbocycles. The fraction of sp³-hybridized carbons (Fsp3) is 0.500. The lowest BCUT2D eigenvalue weighted by Gasteiger charge is -2.23. The highest BCUT2D eigenvalue weighted by Crippen LogP contribution is 2.26. The zero-order chi connectivity index (χ0) is 12.3. The summed E-state index contributed by atoms with van der Waals surface area (Å²) in [5.74, 6) is -1.92.